The SMILES string of the molecule is CCCc1nc2[nH]c3ccc(Cl)cc3c2cc1CC. The van der Waals surface area contributed by atoms with Crippen LogP contribution < -0.4 is 0 Å². The number of nitrogens with zero attached hydrogens (tertiary/aromatic N) is 1. The fourth-order valence-corrected chi connectivity index (χ4v) is 2.80. The lowest BCUT2D eigenvalue weighted by molar-refractivity contribution is 0.864. The molecule has 0 radical (unpaired) electrons. The van der Waals surface area contributed by atoms with Gasteiger partial charge in [-0.05, 0) is 42.7 Å². The van der Waals surface area contributed by atoms with Crippen LogP contribution in [0.1, 0.15) is 31.5 Å². The van der Waals surface area contributed by atoms with E-state index in [1.807, 2.05) is 18.2 Å². The van der Waals surface area contributed by atoms with Crippen molar-refractivity contribution >= 4 is 33.5 Å². The third-order valence-electron chi connectivity index (χ3n) is 3.58. The molecule has 0 fully saturated rings. The van der Waals surface area contributed by atoms with Crippen LogP contribution in [0.15, 0.2) is 24.3 Å². The molecular weight excluding hydrogens is 256 g/mol. The average molecular weight is 273 g/mol. The number of benzene rings is 1. The summed E-state index contributed by atoms with van der Waals surface area (Å²) in [6.45, 7) is 4.38. The molecule has 3 rings (SSSR count). The number of aromatic amines is 1. The van der Waals surface area contributed by atoms with Gasteiger partial charge in [0.25, 0.3) is 0 Å². The smallest absolute Gasteiger partial charge is 0.138 e. The molecule has 3 heteroatoms. The minimum Gasteiger partial charge on any atom is -0.339 e. The maximum absolute atomic E-state index is 6.10. The molecule has 19 heavy (non-hydrogen) atoms. The van der Waals surface area contributed by atoms with E-state index in [9.17, 15) is 0 Å². The van der Waals surface area contributed by atoms with Gasteiger partial charge in [0.1, 0.15) is 5.65 Å². The molecule has 0 saturated carbocycles. The number of aromatic nitrogens is 2. The summed E-state index contributed by atoms with van der Waals surface area (Å²) in [5.41, 5.74) is 4.63. The molecule has 1 aromatic carbocycles. The third kappa shape index (κ3) is 2.10. The van der Waals surface area contributed by atoms with Crippen LogP contribution in [0.25, 0.3) is 21.9 Å². The molecule has 0 spiro atoms. The molecule has 0 amide bonds. The first-order chi connectivity index (χ1) is 9.22. The van der Waals surface area contributed by atoms with Gasteiger partial charge in [-0.15, -0.1) is 0 Å². The minimum atomic E-state index is 0.768. The topological polar surface area (TPSA) is 28.7 Å². The first kappa shape index (κ1) is 12.5. The Morgan fingerprint density at radius 3 is 2.74 bits per heavy atom. The Kier molecular flexibility index (Phi) is 3.19. The van der Waals surface area contributed by atoms with Crippen molar-refractivity contribution < 1.29 is 0 Å². The Bertz CT molecular complexity index is 743. The van der Waals surface area contributed by atoms with Gasteiger partial charge >= 0.3 is 0 Å². The van der Waals surface area contributed by atoms with Crippen molar-refractivity contribution in [2.45, 2.75) is 33.1 Å². The molecule has 1 N–H and O–H groups in total. The lowest BCUT2D eigenvalue weighted by Gasteiger charge is -2.06. The first-order valence-electron chi connectivity index (χ1n) is 6.82. The number of H-pyrrole nitrogens is 1. The van der Waals surface area contributed by atoms with Crippen LogP contribution in [-0.4, -0.2) is 9.97 Å². The van der Waals surface area contributed by atoms with Gasteiger partial charge in [0.2, 0.25) is 0 Å². The largest absolute Gasteiger partial charge is 0.339 e. The predicted molar refractivity (Wildman–Crippen MR) is 82.0 cm³/mol. The maximum atomic E-state index is 6.10. The molecule has 0 aliphatic rings. The van der Waals surface area contributed by atoms with Crippen LogP contribution in [0.2, 0.25) is 5.02 Å². The van der Waals surface area contributed by atoms with Crippen LogP contribution in [0.3, 0.4) is 0 Å². The van der Waals surface area contributed by atoms with Gasteiger partial charge in [-0.1, -0.05) is 31.9 Å². The second-order valence-electron chi connectivity index (χ2n) is 4.91. The second-order valence-corrected chi connectivity index (χ2v) is 5.35. The number of hydrogen-bond acceptors (Lipinski definition) is 1. The van der Waals surface area contributed by atoms with Crippen molar-refractivity contribution in [3.63, 3.8) is 0 Å². The van der Waals surface area contributed by atoms with Crippen molar-refractivity contribution in [3.05, 3.63) is 40.5 Å². The maximum Gasteiger partial charge on any atom is 0.138 e. The summed E-state index contributed by atoms with van der Waals surface area (Å²) in [4.78, 5) is 8.19. The summed E-state index contributed by atoms with van der Waals surface area (Å²) < 4.78 is 0. The molecule has 0 aliphatic carbocycles. The van der Waals surface area contributed by atoms with E-state index in [0.717, 1.165) is 40.8 Å². The first-order valence-corrected chi connectivity index (χ1v) is 7.20. The van der Waals surface area contributed by atoms with Crippen LogP contribution in [0, 0.1) is 0 Å². The van der Waals surface area contributed by atoms with Crippen LogP contribution in [0.5, 0.6) is 0 Å². The van der Waals surface area contributed by atoms with Crippen LogP contribution >= 0.6 is 11.6 Å². The number of aryl methyl sites for hydroxylation is 2. The van der Waals surface area contributed by atoms with E-state index in [1.54, 1.807) is 0 Å². The molecule has 3 aromatic rings. The molecule has 98 valence electrons. The molecule has 0 aliphatic heterocycles. The average Bonchev–Trinajstić information content (AvgIpc) is 2.75. The van der Waals surface area contributed by atoms with Gasteiger partial charge in [0, 0.05) is 27.0 Å². The highest BCUT2D eigenvalue weighted by molar-refractivity contribution is 6.31. The number of hydrogen-bond donors (Lipinski definition) is 1. The monoisotopic (exact) mass is 272 g/mol. The van der Waals surface area contributed by atoms with E-state index < -0.39 is 0 Å². The normalized spacial score (nSPS) is 11.5. The fraction of sp³-hybridized carbons (Fsp3) is 0.312. The summed E-state index contributed by atoms with van der Waals surface area (Å²) in [5.74, 6) is 0. The van der Waals surface area contributed by atoms with E-state index in [-0.39, 0.29) is 0 Å². The van der Waals surface area contributed by atoms with Gasteiger partial charge < -0.3 is 4.98 Å². The van der Waals surface area contributed by atoms with E-state index in [4.69, 9.17) is 16.6 Å². The predicted octanol–water partition coefficient (Wildman–Crippen LogP) is 4.88. The van der Waals surface area contributed by atoms with E-state index >= 15 is 0 Å². The van der Waals surface area contributed by atoms with Crippen molar-refractivity contribution in [1.29, 1.82) is 0 Å². The Hall–Kier alpha value is -1.54. The summed E-state index contributed by atoms with van der Waals surface area (Å²) in [6.07, 6.45) is 3.18. The summed E-state index contributed by atoms with van der Waals surface area (Å²) in [6, 6.07) is 8.20. The summed E-state index contributed by atoms with van der Waals surface area (Å²) >= 11 is 6.10. The highest BCUT2D eigenvalue weighted by Crippen LogP contribution is 2.28. The quantitative estimate of drug-likeness (QED) is 0.723. The number of fused-ring (bicyclic) bond motifs is 3. The van der Waals surface area contributed by atoms with Crippen molar-refractivity contribution in [2.75, 3.05) is 0 Å². The fourth-order valence-electron chi connectivity index (χ4n) is 2.63. The van der Waals surface area contributed by atoms with E-state index in [0.29, 0.717) is 0 Å². The Morgan fingerprint density at radius 2 is 2.00 bits per heavy atom. The number of halogens is 1. The third-order valence-corrected chi connectivity index (χ3v) is 3.82. The highest BCUT2D eigenvalue weighted by Gasteiger charge is 2.10. The van der Waals surface area contributed by atoms with E-state index in [1.165, 1.54) is 16.6 Å². The Balaban J connectivity index is 2.32. The number of rotatable bonds is 3. The zero-order valence-corrected chi connectivity index (χ0v) is 12.0. The van der Waals surface area contributed by atoms with Crippen molar-refractivity contribution in [1.82, 2.24) is 9.97 Å². The number of pyridine rings is 1. The summed E-state index contributed by atoms with van der Waals surface area (Å²) in [5, 5.41) is 3.10. The zero-order valence-electron chi connectivity index (χ0n) is 11.3. The lowest BCUT2D eigenvalue weighted by Crippen LogP contribution is -1.97. The Labute approximate surface area is 117 Å². The highest BCUT2D eigenvalue weighted by atomic mass is 35.5. The van der Waals surface area contributed by atoms with Crippen LogP contribution in [-0.2, 0) is 12.8 Å². The molecule has 2 heterocycles. The molecule has 2 aromatic heterocycles. The standard InChI is InChI=1S/C16H17ClN2/c1-3-5-14-10(4-2)8-13-12-9-11(17)6-7-15(12)19-16(13)18-14/h6-9H,3-5H2,1-2H3,(H,18,19). The molecule has 0 atom stereocenters. The van der Waals surface area contributed by atoms with Gasteiger partial charge in [-0.3, -0.25) is 0 Å². The second kappa shape index (κ2) is 4.86. The van der Waals surface area contributed by atoms with Crippen molar-refractivity contribution in [2.24, 2.45) is 0 Å². The Morgan fingerprint density at radius 1 is 1.16 bits per heavy atom. The molecule has 0 unspecified atom stereocenters. The molecule has 0 bridgehead atoms. The number of nitrogens with one attached hydrogen (secondary N) is 1. The van der Waals surface area contributed by atoms with Crippen molar-refractivity contribution in [3.8, 4) is 0 Å². The summed E-state index contributed by atoms with van der Waals surface area (Å²) in [7, 11) is 0. The van der Waals surface area contributed by atoms with E-state index in [2.05, 4.69) is 24.9 Å². The van der Waals surface area contributed by atoms with Gasteiger partial charge in [-0.2, -0.15) is 0 Å². The lowest BCUT2D eigenvalue weighted by atomic mass is 10.0. The minimum absolute atomic E-state index is 0.768. The van der Waals surface area contributed by atoms with Gasteiger partial charge in [0.05, 0.1) is 0 Å². The molecule has 2 nitrogen and oxygen atoms in total. The molecular formula is C16H17ClN2. The molecule has 0 saturated heterocycles. The van der Waals surface area contributed by atoms with Crippen LogP contribution in [0.4, 0.5) is 0 Å². The van der Waals surface area contributed by atoms with Gasteiger partial charge in [0.15, 0.2) is 0 Å². The zero-order chi connectivity index (χ0) is 13.4. The van der Waals surface area contributed by atoms with Gasteiger partial charge in [-0.25, -0.2) is 4.98 Å².